The molecule has 0 aromatic heterocycles. The van der Waals surface area contributed by atoms with Crippen LogP contribution in [0.2, 0.25) is 0 Å². The van der Waals surface area contributed by atoms with Crippen LogP contribution in [0, 0.1) is 17.8 Å². The van der Waals surface area contributed by atoms with Gasteiger partial charge in [0.25, 0.3) is 0 Å². The van der Waals surface area contributed by atoms with Crippen molar-refractivity contribution >= 4 is 5.91 Å². The maximum Gasteiger partial charge on any atom is 0.226 e. The van der Waals surface area contributed by atoms with Crippen molar-refractivity contribution in [1.29, 1.82) is 0 Å². The van der Waals surface area contributed by atoms with Gasteiger partial charge in [0, 0.05) is 51.2 Å². The summed E-state index contributed by atoms with van der Waals surface area (Å²) in [5.41, 5.74) is 0. The molecule has 2 saturated heterocycles. The van der Waals surface area contributed by atoms with Gasteiger partial charge in [0.15, 0.2) is 0 Å². The highest BCUT2D eigenvalue weighted by atomic mass is 16.2. The van der Waals surface area contributed by atoms with E-state index in [4.69, 9.17) is 0 Å². The molecule has 106 valence electrons. The molecule has 0 radical (unpaired) electrons. The van der Waals surface area contributed by atoms with Crippen LogP contribution in [0.5, 0.6) is 0 Å². The fourth-order valence-corrected chi connectivity index (χ4v) is 4.69. The first-order valence-electron chi connectivity index (χ1n) is 8.08. The number of nitrogens with zero attached hydrogens (tertiary/aromatic N) is 2. The van der Waals surface area contributed by atoms with Gasteiger partial charge in [-0.15, -0.1) is 0 Å². The van der Waals surface area contributed by atoms with Crippen molar-refractivity contribution in [2.45, 2.75) is 31.7 Å². The normalized spacial score (nSPS) is 42.4. The second-order valence-electron chi connectivity index (χ2n) is 6.80. The van der Waals surface area contributed by atoms with Crippen LogP contribution in [-0.2, 0) is 4.79 Å². The molecule has 2 aliphatic carbocycles. The van der Waals surface area contributed by atoms with E-state index in [-0.39, 0.29) is 0 Å². The zero-order valence-electron chi connectivity index (χ0n) is 11.7. The van der Waals surface area contributed by atoms with Crippen molar-refractivity contribution in [2.75, 3.05) is 39.3 Å². The summed E-state index contributed by atoms with van der Waals surface area (Å²) in [6.07, 6.45) is 5.18. The Hall–Kier alpha value is -0.610. The standard InChI is InChI=1S/C15H25N3O/c19-15(14-12-2-1-3-13(12)14)18-7-4-11(10-18)17-8-5-16-6-9-17/h11-14,16H,1-10H2. The summed E-state index contributed by atoms with van der Waals surface area (Å²) >= 11 is 0. The van der Waals surface area contributed by atoms with Gasteiger partial charge in [-0.2, -0.15) is 0 Å². The van der Waals surface area contributed by atoms with Gasteiger partial charge in [-0.1, -0.05) is 6.42 Å². The Kier molecular flexibility index (Phi) is 3.03. The Balaban J connectivity index is 1.33. The minimum atomic E-state index is 0.426. The molecule has 2 saturated carbocycles. The van der Waals surface area contributed by atoms with E-state index in [1.54, 1.807) is 0 Å². The first-order valence-corrected chi connectivity index (χ1v) is 8.08. The number of carbonyl (C=O) groups is 1. The minimum Gasteiger partial charge on any atom is -0.341 e. The van der Waals surface area contributed by atoms with Crippen LogP contribution in [0.3, 0.4) is 0 Å². The predicted octanol–water partition coefficient (Wildman–Crippen LogP) is 0.539. The molecule has 1 N–H and O–H groups in total. The number of piperazine rings is 1. The molecule has 4 heteroatoms. The molecule has 4 aliphatic rings. The lowest BCUT2D eigenvalue weighted by Gasteiger charge is -2.32. The van der Waals surface area contributed by atoms with E-state index in [0.29, 0.717) is 17.9 Å². The van der Waals surface area contributed by atoms with Crippen LogP contribution >= 0.6 is 0 Å². The number of hydrogen-bond donors (Lipinski definition) is 1. The van der Waals surface area contributed by atoms with Gasteiger partial charge in [0.1, 0.15) is 0 Å². The van der Waals surface area contributed by atoms with Crippen LogP contribution in [0.25, 0.3) is 0 Å². The van der Waals surface area contributed by atoms with E-state index >= 15 is 0 Å². The van der Waals surface area contributed by atoms with Crippen LogP contribution < -0.4 is 5.32 Å². The van der Waals surface area contributed by atoms with E-state index < -0.39 is 0 Å². The van der Waals surface area contributed by atoms with Gasteiger partial charge >= 0.3 is 0 Å². The number of amides is 1. The lowest BCUT2D eigenvalue weighted by atomic mass is 10.1. The van der Waals surface area contributed by atoms with Crippen LogP contribution in [-0.4, -0.2) is 61.0 Å². The molecule has 0 bridgehead atoms. The largest absolute Gasteiger partial charge is 0.341 e. The van der Waals surface area contributed by atoms with E-state index in [1.807, 2.05) is 0 Å². The summed E-state index contributed by atoms with van der Waals surface area (Å²) in [6, 6.07) is 0.629. The summed E-state index contributed by atoms with van der Waals surface area (Å²) < 4.78 is 0. The third-order valence-electron chi connectivity index (χ3n) is 5.83. The van der Waals surface area contributed by atoms with Crippen molar-refractivity contribution < 1.29 is 4.79 Å². The summed E-state index contributed by atoms with van der Waals surface area (Å²) in [5.74, 6) is 2.46. The molecule has 4 nitrogen and oxygen atoms in total. The van der Waals surface area contributed by atoms with Gasteiger partial charge < -0.3 is 10.2 Å². The molecule has 3 unspecified atom stereocenters. The molecule has 3 atom stereocenters. The van der Waals surface area contributed by atoms with Gasteiger partial charge in [-0.25, -0.2) is 0 Å². The zero-order valence-corrected chi connectivity index (χ0v) is 11.7. The molecule has 4 rings (SSSR count). The quantitative estimate of drug-likeness (QED) is 0.790. The maximum atomic E-state index is 12.5. The number of likely N-dealkylation sites (tertiary alicyclic amines) is 1. The summed E-state index contributed by atoms with van der Waals surface area (Å²) in [4.78, 5) is 17.3. The second kappa shape index (κ2) is 4.74. The zero-order chi connectivity index (χ0) is 12.8. The molecule has 0 spiro atoms. The maximum absolute atomic E-state index is 12.5. The first-order chi connectivity index (χ1) is 9.34. The SMILES string of the molecule is O=C(C1C2CCCC21)N1CCC(N2CCNCC2)C1. The molecule has 19 heavy (non-hydrogen) atoms. The number of carbonyl (C=O) groups excluding carboxylic acids is 1. The monoisotopic (exact) mass is 263 g/mol. The van der Waals surface area contributed by atoms with Gasteiger partial charge in [-0.05, 0) is 31.1 Å². The smallest absolute Gasteiger partial charge is 0.226 e. The van der Waals surface area contributed by atoms with E-state index in [2.05, 4.69) is 15.1 Å². The average Bonchev–Trinajstić information content (AvgIpc) is 2.89. The van der Waals surface area contributed by atoms with Crippen molar-refractivity contribution in [3.05, 3.63) is 0 Å². The molecule has 2 aliphatic heterocycles. The summed E-state index contributed by atoms with van der Waals surface area (Å²) in [7, 11) is 0. The summed E-state index contributed by atoms with van der Waals surface area (Å²) in [6.45, 7) is 6.52. The predicted molar refractivity (Wildman–Crippen MR) is 73.7 cm³/mol. The van der Waals surface area contributed by atoms with E-state index in [9.17, 15) is 4.79 Å². The van der Waals surface area contributed by atoms with Crippen molar-refractivity contribution in [3.8, 4) is 0 Å². The fraction of sp³-hybridized carbons (Fsp3) is 0.933. The van der Waals surface area contributed by atoms with Crippen LogP contribution in [0.4, 0.5) is 0 Å². The Bertz CT molecular complexity index is 356. The van der Waals surface area contributed by atoms with E-state index in [1.165, 1.54) is 25.7 Å². The lowest BCUT2D eigenvalue weighted by molar-refractivity contribution is -0.132. The van der Waals surface area contributed by atoms with Gasteiger partial charge in [0.05, 0.1) is 0 Å². The molecule has 0 aromatic rings. The highest BCUT2D eigenvalue weighted by Crippen LogP contribution is 2.58. The third-order valence-corrected chi connectivity index (χ3v) is 5.83. The molecule has 2 heterocycles. The molecule has 0 aromatic carbocycles. The Labute approximate surface area is 115 Å². The number of hydrogen-bond acceptors (Lipinski definition) is 3. The topological polar surface area (TPSA) is 35.6 Å². The first kappa shape index (κ1) is 12.2. The number of rotatable bonds is 2. The Morgan fingerprint density at radius 1 is 1.00 bits per heavy atom. The number of fused-ring (bicyclic) bond motifs is 1. The minimum absolute atomic E-state index is 0.426. The van der Waals surface area contributed by atoms with Crippen LogP contribution in [0.15, 0.2) is 0 Å². The fourth-order valence-electron chi connectivity index (χ4n) is 4.69. The van der Waals surface area contributed by atoms with E-state index in [0.717, 1.165) is 51.1 Å². The Morgan fingerprint density at radius 3 is 2.47 bits per heavy atom. The molecule has 4 fully saturated rings. The Morgan fingerprint density at radius 2 is 1.74 bits per heavy atom. The van der Waals surface area contributed by atoms with Crippen molar-refractivity contribution in [3.63, 3.8) is 0 Å². The average molecular weight is 263 g/mol. The third kappa shape index (κ3) is 2.09. The molecular weight excluding hydrogens is 238 g/mol. The highest BCUT2D eigenvalue weighted by molar-refractivity contribution is 5.82. The van der Waals surface area contributed by atoms with Crippen molar-refractivity contribution in [1.82, 2.24) is 15.1 Å². The van der Waals surface area contributed by atoms with Crippen molar-refractivity contribution in [2.24, 2.45) is 17.8 Å². The summed E-state index contributed by atoms with van der Waals surface area (Å²) in [5, 5.41) is 3.40. The number of nitrogens with one attached hydrogen (secondary N) is 1. The second-order valence-corrected chi connectivity index (χ2v) is 6.80. The van der Waals surface area contributed by atoms with Gasteiger partial charge in [-0.3, -0.25) is 9.69 Å². The molecular formula is C15H25N3O. The van der Waals surface area contributed by atoms with Crippen LogP contribution in [0.1, 0.15) is 25.7 Å². The molecule has 1 amide bonds. The lowest BCUT2D eigenvalue weighted by Crippen LogP contribution is -2.49. The highest BCUT2D eigenvalue weighted by Gasteiger charge is 2.57. The van der Waals surface area contributed by atoms with Gasteiger partial charge in [0.2, 0.25) is 5.91 Å².